The van der Waals surface area contributed by atoms with Gasteiger partial charge in [0.05, 0.1) is 7.11 Å². The summed E-state index contributed by atoms with van der Waals surface area (Å²) in [5, 5.41) is 6.82. The highest BCUT2D eigenvalue weighted by Crippen LogP contribution is 2.38. The number of methoxy groups -OCH3 is 3. The Kier molecular flexibility index (Phi) is 9.93. The van der Waals surface area contributed by atoms with E-state index in [0.29, 0.717) is 16.7 Å². The van der Waals surface area contributed by atoms with Crippen molar-refractivity contribution in [1.82, 2.24) is 0 Å². The van der Waals surface area contributed by atoms with Crippen molar-refractivity contribution in [3.05, 3.63) is 156 Å². The van der Waals surface area contributed by atoms with Crippen molar-refractivity contribution in [3.8, 4) is 0 Å². The fourth-order valence-corrected chi connectivity index (χ4v) is 7.00. The van der Waals surface area contributed by atoms with Gasteiger partial charge < -0.3 is 23.7 Å². The van der Waals surface area contributed by atoms with E-state index >= 15 is 0 Å². The standard InChI is InChI=1S/C44H36O8/c1-48-39(36-32-21-11-7-17-28(32)25-29-18-8-12-22-33(29)36)43(46)51-38(27-15-5-4-6-16-27)41(42(45)50-3)52-44(47)40(49-2)37-34-23-13-9-19-30(34)26-31-20-10-14-24-35(31)37/h4-26,38-41H,1-3H3/t38-,39-,40-,41-/m0/s1. The van der Waals surface area contributed by atoms with Gasteiger partial charge in [0.15, 0.2) is 18.3 Å². The van der Waals surface area contributed by atoms with E-state index in [1.807, 2.05) is 103 Å². The van der Waals surface area contributed by atoms with Crippen LogP contribution >= 0.6 is 0 Å². The van der Waals surface area contributed by atoms with Gasteiger partial charge in [-0.05, 0) is 60.8 Å². The number of hydrogen-bond acceptors (Lipinski definition) is 8. The van der Waals surface area contributed by atoms with Crippen molar-refractivity contribution in [2.75, 3.05) is 21.3 Å². The third-order valence-electron chi connectivity index (χ3n) is 9.37. The largest absolute Gasteiger partial charge is 0.466 e. The second kappa shape index (κ2) is 15.0. The zero-order valence-electron chi connectivity index (χ0n) is 28.9. The van der Waals surface area contributed by atoms with Crippen LogP contribution in [0.3, 0.4) is 0 Å². The van der Waals surface area contributed by atoms with Gasteiger partial charge in [0.2, 0.25) is 6.10 Å². The maximum absolute atomic E-state index is 14.4. The minimum atomic E-state index is -1.70. The Balaban J connectivity index is 1.29. The Morgan fingerprint density at radius 3 is 1.19 bits per heavy atom. The van der Waals surface area contributed by atoms with Crippen LogP contribution in [-0.4, -0.2) is 45.3 Å². The summed E-state index contributed by atoms with van der Waals surface area (Å²) in [4.78, 5) is 42.3. The molecule has 7 rings (SSSR count). The lowest BCUT2D eigenvalue weighted by Crippen LogP contribution is -2.39. The van der Waals surface area contributed by atoms with Crippen LogP contribution in [0.5, 0.6) is 0 Å². The molecule has 0 aliphatic carbocycles. The molecule has 52 heavy (non-hydrogen) atoms. The molecule has 0 aromatic heterocycles. The molecule has 0 unspecified atom stereocenters. The van der Waals surface area contributed by atoms with E-state index in [2.05, 4.69) is 6.07 Å². The molecule has 0 N–H and O–H groups in total. The number of ether oxygens (including phenoxy) is 5. The lowest BCUT2D eigenvalue weighted by molar-refractivity contribution is -0.190. The minimum absolute atomic E-state index is 0.404. The second-order valence-corrected chi connectivity index (χ2v) is 12.3. The van der Waals surface area contributed by atoms with Crippen LogP contribution in [0.1, 0.15) is 35.0 Å². The maximum atomic E-state index is 14.4. The second-order valence-electron chi connectivity index (χ2n) is 12.3. The van der Waals surface area contributed by atoms with Crippen LogP contribution in [0, 0.1) is 0 Å². The van der Waals surface area contributed by atoms with Crippen molar-refractivity contribution in [2.45, 2.75) is 24.4 Å². The SMILES string of the molecule is COC(=O)[C@@H](OC(=O)[C@@H](OC)c1c2ccccc2cc2ccccc12)[C@@H](OC(=O)[C@@H](OC)c1c2ccccc2cc2ccccc12)c1ccccc1. The van der Waals surface area contributed by atoms with Crippen molar-refractivity contribution in [3.63, 3.8) is 0 Å². The van der Waals surface area contributed by atoms with Gasteiger partial charge in [-0.25, -0.2) is 14.4 Å². The third-order valence-corrected chi connectivity index (χ3v) is 9.37. The minimum Gasteiger partial charge on any atom is -0.466 e. The molecule has 0 saturated heterocycles. The monoisotopic (exact) mass is 692 g/mol. The van der Waals surface area contributed by atoms with Crippen LogP contribution < -0.4 is 0 Å². The first kappa shape index (κ1) is 34.4. The van der Waals surface area contributed by atoms with Gasteiger partial charge in [-0.15, -0.1) is 0 Å². The van der Waals surface area contributed by atoms with Crippen molar-refractivity contribution in [1.29, 1.82) is 0 Å². The van der Waals surface area contributed by atoms with Gasteiger partial charge in [-0.1, -0.05) is 127 Å². The van der Waals surface area contributed by atoms with Crippen molar-refractivity contribution >= 4 is 61.0 Å². The van der Waals surface area contributed by atoms with Gasteiger partial charge in [-0.2, -0.15) is 0 Å². The molecule has 0 aliphatic heterocycles. The molecule has 0 spiro atoms. The average Bonchev–Trinajstić information content (AvgIpc) is 3.19. The summed E-state index contributed by atoms with van der Waals surface area (Å²) in [5.41, 5.74) is 1.60. The first-order chi connectivity index (χ1) is 25.4. The predicted octanol–water partition coefficient (Wildman–Crippen LogP) is 8.74. The molecule has 0 fully saturated rings. The van der Waals surface area contributed by atoms with Crippen LogP contribution in [0.15, 0.2) is 140 Å². The van der Waals surface area contributed by atoms with Crippen molar-refractivity contribution < 1.29 is 38.1 Å². The third kappa shape index (κ3) is 6.46. The summed E-state index contributed by atoms with van der Waals surface area (Å²) in [6.07, 6.45) is -5.57. The Bertz CT molecular complexity index is 2310. The number of carbonyl (C=O) groups is 3. The van der Waals surface area contributed by atoms with Crippen LogP contribution in [0.2, 0.25) is 0 Å². The van der Waals surface area contributed by atoms with Crippen LogP contribution in [0.25, 0.3) is 43.1 Å². The van der Waals surface area contributed by atoms with E-state index in [4.69, 9.17) is 23.7 Å². The molecule has 7 aromatic rings. The molecular formula is C44H36O8. The number of carbonyl (C=O) groups excluding carboxylic acids is 3. The summed E-state index contributed by atoms with van der Waals surface area (Å²) < 4.78 is 29.1. The van der Waals surface area contributed by atoms with E-state index in [-0.39, 0.29) is 0 Å². The Hall–Kier alpha value is -6.09. The summed E-state index contributed by atoms with van der Waals surface area (Å²) in [6, 6.07) is 43.5. The number of hydrogen-bond donors (Lipinski definition) is 0. The highest BCUT2D eigenvalue weighted by atomic mass is 16.6. The molecule has 0 amide bonds. The predicted molar refractivity (Wildman–Crippen MR) is 200 cm³/mol. The van der Waals surface area contributed by atoms with Gasteiger partial charge in [-0.3, -0.25) is 0 Å². The zero-order valence-corrected chi connectivity index (χ0v) is 28.9. The van der Waals surface area contributed by atoms with Gasteiger partial charge in [0.25, 0.3) is 0 Å². The molecule has 0 heterocycles. The van der Waals surface area contributed by atoms with Gasteiger partial charge >= 0.3 is 17.9 Å². The summed E-state index contributed by atoms with van der Waals surface area (Å²) in [6.45, 7) is 0. The summed E-state index contributed by atoms with van der Waals surface area (Å²) >= 11 is 0. The summed E-state index contributed by atoms with van der Waals surface area (Å²) in [7, 11) is 4.01. The molecule has 0 radical (unpaired) electrons. The van der Waals surface area contributed by atoms with E-state index in [1.165, 1.54) is 21.3 Å². The first-order valence-corrected chi connectivity index (χ1v) is 16.8. The number of fused-ring (bicyclic) bond motifs is 4. The molecule has 0 aliphatic rings. The number of benzene rings is 7. The number of rotatable bonds is 11. The highest BCUT2D eigenvalue weighted by molar-refractivity contribution is 6.06. The topological polar surface area (TPSA) is 97.4 Å². The van der Waals surface area contributed by atoms with Crippen molar-refractivity contribution in [2.24, 2.45) is 0 Å². The van der Waals surface area contributed by atoms with Gasteiger partial charge in [0, 0.05) is 25.3 Å². The quantitative estimate of drug-likeness (QED) is 0.0755. The van der Waals surface area contributed by atoms with Crippen LogP contribution in [-0.2, 0) is 38.1 Å². The summed E-state index contributed by atoms with van der Waals surface area (Å²) in [5.74, 6) is -2.57. The molecule has 0 bridgehead atoms. The number of esters is 3. The fraction of sp³-hybridized carbons (Fsp3) is 0.159. The average molecular weight is 693 g/mol. The van der Waals surface area contributed by atoms with E-state index in [9.17, 15) is 14.4 Å². The Morgan fingerprint density at radius 1 is 0.442 bits per heavy atom. The van der Waals surface area contributed by atoms with E-state index in [1.54, 1.807) is 30.3 Å². The highest BCUT2D eigenvalue weighted by Gasteiger charge is 2.41. The lowest BCUT2D eigenvalue weighted by atomic mass is 9.93. The lowest BCUT2D eigenvalue weighted by Gasteiger charge is -2.29. The molecule has 8 nitrogen and oxygen atoms in total. The fourth-order valence-electron chi connectivity index (χ4n) is 7.00. The molecule has 7 aromatic carbocycles. The normalized spacial score (nSPS) is 13.8. The molecule has 8 heteroatoms. The van der Waals surface area contributed by atoms with Gasteiger partial charge in [0.1, 0.15) is 0 Å². The van der Waals surface area contributed by atoms with E-state index in [0.717, 1.165) is 43.1 Å². The molecule has 0 saturated carbocycles. The molecule has 260 valence electrons. The zero-order chi connectivity index (χ0) is 36.2. The Morgan fingerprint density at radius 2 is 0.808 bits per heavy atom. The smallest absolute Gasteiger partial charge is 0.351 e. The maximum Gasteiger partial charge on any atom is 0.351 e. The Labute approximate surface area is 300 Å². The van der Waals surface area contributed by atoms with Crippen LogP contribution in [0.4, 0.5) is 0 Å². The molecule has 4 atom stereocenters. The van der Waals surface area contributed by atoms with E-state index < -0.39 is 42.3 Å². The first-order valence-electron chi connectivity index (χ1n) is 16.8. The molecular weight excluding hydrogens is 656 g/mol.